The minimum atomic E-state index is -0.412. The zero-order valence-corrected chi connectivity index (χ0v) is 12.6. The van der Waals surface area contributed by atoms with Crippen LogP contribution in [0.1, 0.15) is 22.8 Å². The highest BCUT2D eigenvalue weighted by molar-refractivity contribution is 6.30. The first kappa shape index (κ1) is 15.2. The summed E-state index contributed by atoms with van der Waals surface area (Å²) in [6, 6.07) is 10.1. The Bertz CT molecular complexity index is 671. The first-order valence-electron chi connectivity index (χ1n) is 6.52. The van der Waals surface area contributed by atoms with Crippen molar-refractivity contribution < 1.29 is 14.3 Å². The van der Waals surface area contributed by atoms with Gasteiger partial charge in [-0.25, -0.2) is 4.79 Å². The van der Waals surface area contributed by atoms with E-state index in [4.69, 9.17) is 26.8 Å². The fourth-order valence-electron chi connectivity index (χ4n) is 1.77. The van der Waals surface area contributed by atoms with Gasteiger partial charge in [0.2, 0.25) is 0 Å². The minimum Gasteiger partial charge on any atom is -0.462 e. The lowest BCUT2D eigenvalue weighted by Crippen LogP contribution is -2.05. The summed E-state index contributed by atoms with van der Waals surface area (Å²) < 4.78 is 10.7. The van der Waals surface area contributed by atoms with Crippen LogP contribution in [0.2, 0.25) is 5.02 Å². The lowest BCUT2D eigenvalue weighted by molar-refractivity contribution is 0.0526. The Balaban J connectivity index is 2.33. The van der Waals surface area contributed by atoms with E-state index in [2.05, 4.69) is 0 Å². The predicted octanol–water partition coefficient (Wildman–Crippen LogP) is 4.20. The van der Waals surface area contributed by atoms with Crippen LogP contribution in [0.5, 0.6) is 11.5 Å². The molecule has 2 N–H and O–H groups in total. The molecule has 5 heteroatoms. The number of benzene rings is 2. The van der Waals surface area contributed by atoms with Crippen molar-refractivity contribution >= 4 is 23.3 Å². The number of nitrogen functional groups attached to an aromatic ring is 1. The van der Waals surface area contributed by atoms with Gasteiger partial charge in [-0.3, -0.25) is 0 Å². The normalized spacial score (nSPS) is 10.2. The van der Waals surface area contributed by atoms with Crippen LogP contribution < -0.4 is 10.5 Å². The van der Waals surface area contributed by atoms with Crippen molar-refractivity contribution in [1.29, 1.82) is 0 Å². The zero-order chi connectivity index (χ0) is 15.4. The Morgan fingerprint density at radius 3 is 2.67 bits per heavy atom. The van der Waals surface area contributed by atoms with Gasteiger partial charge in [-0.1, -0.05) is 17.7 Å². The van der Waals surface area contributed by atoms with E-state index in [1.54, 1.807) is 37.3 Å². The second-order valence-corrected chi connectivity index (χ2v) is 4.92. The largest absolute Gasteiger partial charge is 0.462 e. The molecule has 0 heterocycles. The fraction of sp³-hybridized carbons (Fsp3) is 0.188. The van der Waals surface area contributed by atoms with Gasteiger partial charge in [0.05, 0.1) is 17.9 Å². The molecule has 2 aromatic carbocycles. The number of anilines is 1. The van der Waals surface area contributed by atoms with E-state index in [0.29, 0.717) is 34.4 Å². The van der Waals surface area contributed by atoms with Crippen molar-refractivity contribution in [3.05, 3.63) is 52.5 Å². The molecule has 110 valence electrons. The molecule has 0 unspecified atom stereocenters. The Morgan fingerprint density at radius 1 is 1.19 bits per heavy atom. The molecule has 0 bridgehead atoms. The average molecular weight is 306 g/mol. The molecule has 0 spiro atoms. The Hall–Kier alpha value is -2.20. The van der Waals surface area contributed by atoms with Crippen LogP contribution in [0.25, 0.3) is 0 Å². The Kier molecular flexibility index (Phi) is 4.70. The van der Waals surface area contributed by atoms with Crippen LogP contribution in [-0.2, 0) is 4.74 Å². The molecule has 0 aliphatic heterocycles. The van der Waals surface area contributed by atoms with Gasteiger partial charge in [-0.15, -0.1) is 0 Å². The number of nitrogens with two attached hydrogens (primary N) is 1. The molecule has 4 nitrogen and oxygen atoms in total. The van der Waals surface area contributed by atoms with Crippen LogP contribution in [0.15, 0.2) is 36.4 Å². The smallest absolute Gasteiger partial charge is 0.338 e. The maximum atomic E-state index is 11.7. The van der Waals surface area contributed by atoms with Gasteiger partial charge in [0.1, 0.15) is 5.75 Å². The summed E-state index contributed by atoms with van der Waals surface area (Å²) in [5.74, 6) is 0.575. The lowest BCUT2D eigenvalue weighted by Gasteiger charge is -2.12. The molecule has 21 heavy (non-hydrogen) atoms. The van der Waals surface area contributed by atoms with Crippen LogP contribution >= 0.6 is 11.6 Å². The van der Waals surface area contributed by atoms with Crippen LogP contribution in [0.3, 0.4) is 0 Å². The average Bonchev–Trinajstić information content (AvgIpc) is 2.45. The summed E-state index contributed by atoms with van der Waals surface area (Å²) >= 11 is 5.96. The second-order valence-electron chi connectivity index (χ2n) is 4.48. The maximum Gasteiger partial charge on any atom is 0.338 e. The summed E-state index contributed by atoms with van der Waals surface area (Å²) in [7, 11) is 0. The van der Waals surface area contributed by atoms with E-state index < -0.39 is 5.97 Å². The topological polar surface area (TPSA) is 61.5 Å². The van der Waals surface area contributed by atoms with Crippen molar-refractivity contribution in [2.75, 3.05) is 12.3 Å². The highest BCUT2D eigenvalue weighted by Crippen LogP contribution is 2.32. The van der Waals surface area contributed by atoms with E-state index in [1.807, 2.05) is 13.0 Å². The van der Waals surface area contributed by atoms with E-state index in [1.165, 1.54) is 0 Å². The quantitative estimate of drug-likeness (QED) is 0.679. The monoisotopic (exact) mass is 305 g/mol. The molecule has 2 aromatic rings. The van der Waals surface area contributed by atoms with Gasteiger partial charge in [0, 0.05) is 5.02 Å². The van der Waals surface area contributed by atoms with Gasteiger partial charge < -0.3 is 15.2 Å². The molecular weight excluding hydrogens is 290 g/mol. The predicted molar refractivity (Wildman–Crippen MR) is 83.1 cm³/mol. The molecule has 0 atom stereocenters. The summed E-state index contributed by atoms with van der Waals surface area (Å²) in [6.45, 7) is 3.96. The third kappa shape index (κ3) is 3.67. The van der Waals surface area contributed by atoms with Gasteiger partial charge in [0.25, 0.3) is 0 Å². The van der Waals surface area contributed by atoms with Crippen molar-refractivity contribution in [1.82, 2.24) is 0 Å². The summed E-state index contributed by atoms with van der Waals surface area (Å²) in [4.78, 5) is 11.7. The molecule has 0 aliphatic rings. The summed E-state index contributed by atoms with van der Waals surface area (Å²) in [6.07, 6.45) is 0. The molecule has 0 saturated carbocycles. The van der Waals surface area contributed by atoms with E-state index in [9.17, 15) is 4.79 Å². The van der Waals surface area contributed by atoms with E-state index in [0.717, 1.165) is 5.56 Å². The van der Waals surface area contributed by atoms with Crippen LogP contribution in [0.4, 0.5) is 5.69 Å². The maximum absolute atomic E-state index is 11.7. The molecule has 0 saturated heterocycles. The van der Waals surface area contributed by atoms with Gasteiger partial charge >= 0.3 is 5.97 Å². The number of hydrogen-bond acceptors (Lipinski definition) is 4. The molecule has 2 rings (SSSR count). The van der Waals surface area contributed by atoms with E-state index in [-0.39, 0.29) is 0 Å². The first-order valence-corrected chi connectivity index (χ1v) is 6.89. The molecule has 0 amide bonds. The standard InChI is InChI=1S/C16H16ClNO3/c1-3-20-16(19)11-5-7-13(18)15(8-11)21-14-9-12(17)6-4-10(14)2/h4-9H,3,18H2,1-2H3. The summed E-state index contributed by atoms with van der Waals surface area (Å²) in [5, 5.41) is 0.565. The van der Waals surface area contributed by atoms with Crippen molar-refractivity contribution in [3.63, 3.8) is 0 Å². The van der Waals surface area contributed by atoms with E-state index >= 15 is 0 Å². The van der Waals surface area contributed by atoms with Crippen molar-refractivity contribution in [2.24, 2.45) is 0 Å². The lowest BCUT2D eigenvalue weighted by atomic mass is 10.2. The van der Waals surface area contributed by atoms with Crippen LogP contribution in [0, 0.1) is 6.92 Å². The van der Waals surface area contributed by atoms with Crippen molar-refractivity contribution in [2.45, 2.75) is 13.8 Å². The van der Waals surface area contributed by atoms with Crippen LogP contribution in [-0.4, -0.2) is 12.6 Å². The number of halogens is 1. The number of rotatable bonds is 4. The van der Waals surface area contributed by atoms with Gasteiger partial charge in [-0.2, -0.15) is 0 Å². The third-order valence-corrected chi connectivity index (χ3v) is 3.13. The van der Waals surface area contributed by atoms with Crippen molar-refractivity contribution in [3.8, 4) is 11.5 Å². The highest BCUT2D eigenvalue weighted by Gasteiger charge is 2.12. The summed E-state index contributed by atoms with van der Waals surface area (Å²) in [5.41, 5.74) is 7.63. The number of carbonyl (C=O) groups is 1. The second kappa shape index (κ2) is 6.50. The molecule has 0 aliphatic carbocycles. The molecule has 0 aromatic heterocycles. The number of carbonyl (C=O) groups excluding carboxylic acids is 1. The molecule has 0 fully saturated rings. The van der Waals surface area contributed by atoms with Gasteiger partial charge in [-0.05, 0) is 49.7 Å². The van der Waals surface area contributed by atoms with Gasteiger partial charge in [0.15, 0.2) is 5.75 Å². The fourth-order valence-corrected chi connectivity index (χ4v) is 1.93. The third-order valence-electron chi connectivity index (χ3n) is 2.89. The zero-order valence-electron chi connectivity index (χ0n) is 11.9. The SMILES string of the molecule is CCOC(=O)c1ccc(N)c(Oc2cc(Cl)ccc2C)c1. The number of esters is 1. The Morgan fingerprint density at radius 2 is 1.95 bits per heavy atom. The Labute approximate surface area is 128 Å². The molecule has 0 radical (unpaired) electrons. The number of aryl methyl sites for hydroxylation is 1. The first-order chi connectivity index (χ1) is 10.0. The molecular formula is C16H16ClNO3. The number of hydrogen-bond donors (Lipinski definition) is 1. The number of ether oxygens (including phenoxy) is 2. The minimum absolute atomic E-state index is 0.312. The highest BCUT2D eigenvalue weighted by atomic mass is 35.5.